The molecular formula is C8H8BrCl. The summed E-state index contributed by atoms with van der Waals surface area (Å²) in [5.74, 6) is 0.572. The maximum Gasteiger partial charge on any atom is 0.0485 e. The molecule has 0 saturated heterocycles. The molecule has 0 spiro atoms. The van der Waals surface area contributed by atoms with Gasteiger partial charge in [0.15, 0.2) is 0 Å². The largest absolute Gasteiger partial charge is 0.122 e. The van der Waals surface area contributed by atoms with Crippen LogP contribution in [0.5, 0.6) is 0 Å². The molecule has 0 N–H and O–H groups in total. The number of hydrogen-bond donors (Lipinski definition) is 0. The standard InChI is InChI=1S/C8H8BrCl/c1-6-2-3-8(9)7(4-6)5-10/h2-4H,5H2,1H3. The van der Waals surface area contributed by atoms with Crippen molar-refractivity contribution in [1.29, 1.82) is 0 Å². The van der Waals surface area contributed by atoms with E-state index in [9.17, 15) is 0 Å². The number of rotatable bonds is 1. The number of alkyl halides is 1. The van der Waals surface area contributed by atoms with Crippen LogP contribution in [-0.4, -0.2) is 0 Å². The molecule has 10 heavy (non-hydrogen) atoms. The highest BCUT2D eigenvalue weighted by Gasteiger charge is 1.96. The lowest BCUT2D eigenvalue weighted by molar-refractivity contribution is 1.32. The molecule has 0 fully saturated rings. The minimum Gasteiger partial charge on any atom is -0.122 e. The smallest absolute Gasteiger partial charge is 0.0485 e. The van der Waals surface area contributed by atoms with Crippen molar-refractivity contribution < 1.29 is 0 Å². The summed E-state index contributed by atoms with van der Waals surface area (Å²) in [6, 6.07) is 6.16. The SMILES string of the molecule is Cc1ccc(Br)c(CCl)c1. The van der Waals surface area contributed by atoms with Crippen LogP contribution in [0, 0.1) is 6.92 Å². The Labute approximate surface area is 74.3 Å². The highest BCUT2D eigenvalue weighted by Crippen LogP contribution is 2.19. The van der Waals surface area contributed by atoms with Crippen LogP contribution >= 0.6 is 27.5 Å². The Balaban J connectivity index is 3.09. The summed E-state index contributed by atoms with van der Waals surface area (Å²) >= 11 is 9.08. The van der Waals surface area contributed by atoms with Crippen LogP contribution in [0.4, 0.5) is 0 Å². The van der Waals surface area contributed by atoms with Gasteiger partial charge in [-0.2, -0.15) is 0 Å². The van der Waals surface area contributed by atoms with Gasteiger partial charge in [-0.15, -0.1) is 11.6 Å². The van der Waals surface area contributed by atoms with Crippen molar-refractivity contribution in [2.75, 3.05) is 0 Å². The van der Waals surface area contributed by atoms with Gasteiger partial charge in [0.25, 0.3) is 0 Å². The van der Waals surface area contributed by atoms with Crippen molar-refractivity contribution >= 4 is 27.5 Å². The lowest BCUT2D eigenvalue weighted by atomic mass is 10.2. The first kappa shape index (κ1) is 8.09. The van der Waals surface area contributed by atoms with Gasteiger partial charge in [-0.3, -0.25) is 0 Å². The molecular weight excluding hydrogens is 211 g/mol. The Kier molecular flexibility index (Phi) is 2.75. The zero-order chi connectivity index (χ0) is 7.56. The summed E-state index contributed by atoms with van der Waals surface area (Å²) in [5, 5.41) is 0. The van der Waals surface area contributed by atoms with E-state index in [-0.39, 0.29) is 0 Å². The van der Waals surface area contributed by atoms with E-state index in [0.29, 0.717) is 5.88 Å². The fraction of sp³-hybridized carbons (Fsp3) is 0.250. The van der Waals surface area contributed by atoms with Crippen LogP contribution in [0.15, 0.2) is 22.7 Å². The van der Waals surface area contributed by atoms with Crippen molar-refractivity contribution in [2.24, 2.45) is 0 Å². The van der Waals surface area contributed by atoms with Crippen molar-refractivity contribution in [2.45, 2.75) is 12.8 Å². The van der Waals surface area contributed by atoms with Gasteiger partial charge < -0.3 is 0 Å². The van der Waals surface area contributed by atoms with Crippen LogP contribution < -0.4 is 0 Å². The normalized spacial score (nSPS) is 9.90. The zero-order valence-electron chi connectivity index (χ0n) is 5.70. The van der Waals surface area contributed by atoms with Gasteiger partial charge in [0.2, 0.25) is 0 Å². The monoisotopic (exact) mass is 218 g/mol. The number of benzene rings is 1. The van der Waals surface area contributed by atoms with E-state index in [2.05, 4.69) is 35.0 Å². The number of aryl methyl sites for hydroxylation is 1. The van der Waals surface area contributed by atoms with Gasteiger partial charge in [-0.25, -0.2) is 0 Å². The maximum atomic E-state index is 5.67. The van der Waals surface area contributed by atoms with Gasteiger partial charge in [0.1, 0.15) is 0 Å². The summed E-state index contributed by atoms with van der Waals surface area (Å²) in [4.78, 5) is 0. The third-order valence-corrected chi connectivity index (χ3v) is 2.41. The van der Waals surface area contributed by atoms with E-state index < -0.39 is 0 Å². The maximum absolute atomic E-state index is 5.67. The van der Waals surface area contributed by atoms with Crippen molar-refractivity contribution in [1.82, 2.24) is 0 Å². The first-order chi connectivity index (χ1) is 4.74. The van der Waals surface area contributed by atoms with E-state index in [1.807, 2.05) is 6.07 Å². The Morgan fingerprint density at radius 1 is 1.50 bits per heavy atom. The van der Waals surface area contributed by atoms with Gasteiger partial charge in [0, 0.05) is 10.4 Å². The van der Waals surface area contributed by atoms with E-state index in [1.165, 1.54) is 5.56 Å². The molecule has 1 aromatic carbocycles. The summed E-state index contributed by atoms with van der Waals surface area (Å²) in [6.45, 7) is 2.06. The Hall–Kier alpha value is -0.0100. The van der Waals surface area contributed by atoms with Crippen LogP contribution in [-0.2, 0) is 5.88 Å². The second kappa shape index (κ2) is 3.40. The Morgan fingerprint density at radius 2 is 2.20 bits per heavy atom. The minimum absolute atomic E-state index is 0.572. The molecule has 0 saturated carbocycles. The molecule has 2 heteroatoms. The van der Waals surface area contributed by atoms with Gasteiger partial charge >= 0.3 is 0 Å². The van der Waals surface area contributed by atoms with Crippen molar-refractivity contribution in [3.05, 3.63) is 33.8 Å². The van der Waals surface area contributed by atoms with Crippen LogP contribution in [0.3, 0.4) is 0 Å². The fourth-order valence-electron chi connectivity index (χ4n) is 0.806. The lowest BCUT2D eigenvalue weighted by Crippen LogP contribution is -1.81. The topological polar surface area (TPSA) is 0 Å². The van der Waals surface area contributed by atoms with Crippen LogP contribution in [0.2, 0.25) is 0 Å². The minimum atomic E-state index is 0.572. The van der Waals surface area contributed by atoms with E-state index >= 15 is 0 Å². The van der Waals surface area contributed by atoms with Gasteiger partial charge in [-0.05, 0) is 18.6 Å². The van der Waals surface area contributed by atoms with Crippen molar-refractivity contribution in [3.8, 4) is 0 Å². The summed E-state index contributed by atoms with van der Waals surface area (Å²) in [5.41, 5.74) is 2.40. The molecule has 0 bridgehead atoms. The molecule has 0 atom stereocenters. The van der Waals surface area contributed by atoms with Crippen molar-refractivity contribution in [3.63, 3.8) is 0 Å². The molecule has 54 valence electrons. The second-order valence-corrected chi connectivity index (χ2v) is 3.35. The predicted octanol–water partition coefficient (Wildman–Crippen LogP) is 3.50. The highest BCUT2D eigenvalue weighted by molar-refractivity contribution is 9.10. The lowest BCUT2D eigenvalue weighted by Gasteiger charge is -1.99. The third kappa shape index (κ3) is 1.74. The second-order valence-electron chi connectivity index (χ2n) is 2.23. The van der Waals surface area contributed by atoms with Crippen LogP contribution in [0.1, 0.15) is 11.1 Å². The van der Waals surface area contributed by atoms with Gasteiger partial charge in [0.05, 0.1) is 0 Å². The molecule has 0 unspecified atom stereocenters. The molecule has 1 rings (SSSR count). The molecule has 0 aliphatic carbocycles. The Morgan fingerprint density at radius 3 is 2.70 bits per heavy atom. The molecule has 0 nitrogen and oxygen atoms in total. The molecule has 0 aromatic heterocycles. The first-order valence-corrected chi connectivity index (χ1v) is 4.38. The fourth-order valence-corrected chi connectivity index (χ4v) is 1.58. The Bertz CT molecular complexity index is 233. The summed E-state index contributed by atoms with van der Waals surface area (Å²) in [6.07, 6.45) is 0. The van der Waals surface area contributed by atoms with E-state index in [1.54, 1.807) is 0 Å². The van der Waals surface area contributed by atoms with E-state index in [0.717, 1.165) is 10.0 Å². The zero-order valence-corrected chi connectivity index (χ0v) is 8.04. The molecule has 0 radical (unpaired) electrons. The van der Waals surface area contributed by atoms with E-state index in [4.69, 9.17) is 11.6 Å². The average molecular weight is 220 g/mol. The number of halogens is 2. The average Bonchev–Trinajstić information content (AvgIpc) is 1.94. The molecule has 0 amide bonds. The molecule has 1 aromatic rings. The highest BCUT2D eigenvalue weighted by atomic mass is 79.9. The summed E-state index contributed by atoms with van der Waals surface area (Å²) in [7, 11) is 0. The van der Waals surface area contributed by atoms with Gasteiger partial charge in [-0.1, -0.05) is 33.6 Å². The molecule has 0 aliphatic rings. The first-order valence-electron chi connectivity index (χ1n) is 3.05. The predicted molar refractivity (Wildman–Crippen MR) is 48.4 cm³/mol. The summed E-state index contributed by atoms with van der Waals surface area (Å²) < 4.78 is 1.09. The quantitative estimate of drug-likeness (QED) is 0.634. The number of hydrogen-bond acceptors (Lipinski definition) is 0. The van der Waals surface area contributed by atoms with Crippen LogP contribution in [0.25, 0.3) is 0 Å². The molecule has 0 heterocycles. The third-order valence-electron chi connectivity index (χ3n) is 1.35. The molecule has 0 aliphatic heterocycles.